The Morgan fingerprint density at radius 3 is 2.91 bits per heavy atom. The predicted molar refractivity (Wildman–Crippen MR) is 90.2 cm³/mol. The molecule has 1 unspecified atom stereocenters. The van der Waals surface area contributed by atoms with Crippen LogP contribution in [0, 0.1) is 5.92 Å². The number of allylic oxidation sites excluding steroid dienone is 4. The number of hydrogen-bond acceptors (Lipinski definition) is 4. The number of carbonyl (C=O) groups excluding carboxylic acids is 2. The maximum atomic E-state index is 12.0. The van der Waals surface area contributed by atoms with Crippen molar-refractivity contribution in [3.8, 4) is 0 Å². The van der Waals surface area contributed by atoms with E-state index in [1.807, 2.05) is 6.08 Å². The SMILES string of the molecule is NC(=O)C1CCc2nc(NC(=O)NC3=CC(Cl)=CCC3)sc2C1. The van der Waals surface area contributed by atoms with E-state index in [1.54, 1.807) is 6.08 Å². The van der Waals surface area contributed by atoms with Crippen molar-refractivity contribution < 1.29 is 9.59 Å². The Hall–Kier alpha value is -1.86. The molecule has 3 rings (SSSR count). The summed E-state index contributed by atoms with van der Waals surface area (Å²) in [5.41, 5.74) is 7.10. The van der Waals surface area contributed by atoms with Gasteiger partial charge in [-0.2, -0.15) is 0 Å². The molecule has 0 saturated heterocycles. The summed E-state index contributed by atoms with van der Waals surface area (Å²) in [6, 6.07) is -0.333. The number of aryl methyl sites for hydroxylation is 1. The first kappa shape index (κ1) is 16.0. The van der Waals surface area contributed by atoms with Crippen LogP contribution in [0.5, 0.6) is 0 Å². The summed E-state index contributed by atoms with van der Waals surface area (Å²) in [6.45, 7) is 0. The highest BCUT2D eigenvalue weighted by atomic mass is 35.5. The van der Waals surface area contributed by atoms with Gasteiger partial charge in [-0.15, -0.1) is 11.3 Å². The Bertz CT molecular complexity index is 710. The van der Waals surface area contributed by atoms with Crippen molar-refractivity contribution in [2.24, 2.45) is 11.7 Å². The van der Waals surface area contributed by atoms with Crippen molar-refractivity contribution in [2.45, 2.75) is 32.1 Å². The highest BCUT2D eigenvalue weighted by Gasteiger charge is 2.26. The van der Waals surface area contributed by atoms with Crippen LogP contribution in [0.1, 0.15) is 29.8 Å². The maximum Gasteiger partial charge on any atom is 0.325 e. The van der Waals surface area contributed by atoms with Gasteiger partial charge in [-0.05, 0) is 38.2 Å². The lowest BCUT2D eigenvalue weighted by molar-refractivity contribution is -0.122. The van der Waals surface area contributed by atoms with E-state index in [0.29, 0.717) is 23.0 Å². The number of fused-ring (bicyclic) bond motifs is 1. The number of hydrogen-bond donors (Lipinski definition) is 3. The van der Waals surface area contributed by atoms with Gasteiger partial charge in [0.25, 0.3) is 0 Å². The zero-order valence-corrected chi connectivity index (χ0v) is 14.0. The summed E-state index contributed by atoms with van der Waals surface area (Å²) < 4.78 is 0. The Kier molecular flexibility index (Phi) is 4.68. The molecule has 0 radical (unpaired) electrons. The summed E-state index contributed by atoms with van der Waals surface area (Å²) in [7, 11) is 0. The summed E-state index contributed by atoms with van der Waals surface area (Å²) in [6.07, 6.45) is 7.26. The molecule has 0 bridgehead atoms. The number of nitrogens with zero attached hydrogens (tertiary/aromatic N) is 1. The molecule has 4 N–H and O–H groups in total. The second-order valence-electron chi connectivity index (χ2n) is 5.61. The van der Waals surface area contributed by atoms with Crippen LogP contribution in [-0.4, -0.2) is 16.9 Å². The van der Waals surface area contributed by atoms with Gasteiger partial charge in [0, 0.05) is 21.5 Å². The molecule has 23 heavy (non-hydrogen) atoms. The summed E-state index contributed by atoms with van der Waals surface area (Å²) in [5, 5.41) is 6.70. The van der Waals surface area contributed by atoms with Crippen molar-refractivity contribution in [3.05, 3.63) is 33.5 Å². The standard InChI is InChI=1S/C15H17ClN4O2S/c16-9-2-1-3-10(7-9)18-14(22)20-15-19-11-5-4-8(13(17)21)6-12(11)23-15/h2,7-8H,1,3-6H2,(H2,17,21)(H2,18,19,20,22). The molecule has 0 aromatic carbocycles. The van der Waals surface area contributed by atoms with Gasteiger partial charge in [0.1, 0.15) is 0 Å². The number of primary amides is 1. The molecule has 2 aliphatic rings. The molecule has 0 fully saturated rings. The van der Waals surface area contributed by atoms with Crippen LogP contribution in [-0.2, 0) is 17.6 Å². The quantitative estimate of drug-likeness (QED) is 0.780. The Morgan fingerprint density at radius 1 is 1.35 bits per heavy atom. The van der Waals surface area contributed by atoms with Gasteiger partial charge in [-0.25, -0.2) is 9.78 Å². The Labute approximate surface area is 142 Å². The van der Waals surface area contributed by atoms with E-state index in [9.17, 15) is 9.59 Å². The lowest BCUT2D eigenvalue weighted by Crippen LogP contribution is -2.28. The van der Waals surface area contributed by atoms with Crippen molar-refractivity contribution in [3.63, 3.8) is 0 Å². The fraction of sp³-hybridized carbons (Fsp3) is 0.400. The molecule has 0 saturated carbocycles. The minimum atomic E-state index is -0.333. The van der Waals surface area contributed by atoms with Crippen LogP contribution >= 0.6 is 22.9 Å². The van der Waals surface area contributed by atoms with Crippen molar-refractivity contribution >= 4 is 40.0 Å². The van der Waals surface area contributed by atoms with Crippen LogP contribution in [0.4, 0.5) is 9.93 Å². The topological polar surface area (TPSA) is 97.1 Å². The third-order valence-electron chi connectivity index (χ3n) is 3.90. The zero-order valence-electron chi connectivity index (χ0n) is 12.4. The minimum Gasteiger partial charge on any atom is -0.369 e. The number of thiazole rings is 1. The van der Waals surface area contributed by atoms with Gasteiger partial charge in [0.2, 0.25) is 5.91 Å². The summed E-state index contributed by atoms with van der Waals surface area (Å²) in [4.78, 5) is 28.8. The van der Waals surface area contributed by atoms with Crippen molar-refractivity contribution in [1.82, 2.24) is 10.3 Å². The molecule has 1 aromatic heterocycles. The Balaban J connectivity index is 1.62. The molecule has 6 nitrogen and oxygen atoms in total. The lowest BCUT2D eigenvalue weighted by atomic mass is 9.91. The molecular formula is C15H17ClN4O2S. The van der Waals surface area contributed by atoms with Crippen LogP contribution in [0.3, 0.4) is 0 Å². The van der Waals surface area contributed by atoms with Crippen molar-refractivity contribution in [1.29, 1.82) is 0 Å². The second-order valence-corrected chi connectivity index (χ2v) is 7.13. The first-order valence-electron chi connectivity index (χ1n) is 7.43. The van der Waals surface area contributed by atoms with Gasteiger partial charge in [0.15, 0.2) is 5.13 Å². The fourth-order valence-corrected chi connectivity index (χ4v) is 4.03. The first-order chi connectivity index (χ1) is 11.0. The van der Waals surface area contributed by atoms with Crippen LogP contribution < -0.4 is 16.4 Å². The molecule has 122 valence electrons. The zero-order chi connectivity index (χ0) is 16.4. The third kappa shape index (κ3) is 3.92. The lowest BCUT2D eigenvalue weighted by Gasteiger charge is -2.17. The van der Waals surface area contributed by atoms with Gasteiger partial charge >= 0.3 is 6.03 Å². The monoisotopic (exact) mass is 352 g/mol. The van der Waals surface area contributed by atoms with Gasteiger partial charge in [0.05, 0.1) is 5.69 Å². The number of halogens is 1. The molecule has 3 amide bonds. The first-order valence-corrected chi connectivity index (χ1v) is 8.63. The van der Waals surface area contributed by atoms with Gasteiger partial charge < -0.3 is 11.1 Å². The maximum absolute atomic E-state index is 12.0. The van der Waals surface area contributed by atoms with E-state index in [4.69, 9.17) is 17.3 Å². The van der Waals surface area contributed by atoms with Crippen LogP contribution in [0.2, 0.25) is 0 Å². The number of carbonyl (C=O) groups is 2. The molecule has 1 atom stereocenters. The van der Waals surface area contributed by atoms with E-state index in [2.05, 4.69) is 15.6 Å². The van der Waals surface area contributed by atoms with Crippen LogP contribution in [0.15, 0.2) is 22.9 Å². The summed E-state index contributed by atoms with van der Waals surface area (Å²) >= 11 is 7.33. The average molecular weight is 353 g/mol. The van der Waals surface area contributed by atoms with E-state index in [1.165, 1.54) is 11.3 Å². The smallest absolute Gasteiger partial charge is 0.325 e. The number of nitrogens with two attached hydrogens (primary N) is 1. The molecular weight excluding hydrogens is 336 g/mol. The number of urea groups is 1. The average Bonchev–Trinajstić information content (AvgIpc) is 2.87. The predicted octanol–water partition coefficient (Wildman–Crippen LogP) is 2.66. The Morgan fingerprint density at radius 2 is 2.17 bits per heavy atom. The van der Waals surface area contributed by atoms with Crippen LogP contribution in [0.25, 0.3) is 0 Å². The fourth-order valence-electron chi connectivity index (χ4n) is 2.71. The van der Waals surface area contributed by atoms with E-state index >= 15 is 0 Å². The highest BCUT2D eigenvalue weighted by Crippen LogP contribution is 2.32. The van der Waals surface area contributed by atoms with E-state index in [-0.39, 0.29) is 17.9 Å². The molecule has 8 heteroatoms. The molecule has 0 aliphatic heterocycles. The molecule has 1 heterocycles. The highest BCUT2D eigenvalue weighted by molar-refractivity contribution is 7.15. The molecule has 2 aliphatic carbocycles. The minimum absolute atomic E-state index is 0.133. The summed E-state index contributed by atoms with van der Waals surface area (Å²) in [5.74, 6) is -0.406. The molecule has 1 aromatic rings. The normalized spacial score (nSPS) is 20.1. The number of anilines is 1. The number of amides is 3. The van der Waals surface area contributed by atoms with Crippen molar-refractivity contribution in [2.75, 3.05) is 5.32 Å². The number of rotatable bonds is 3. The largest absolute Gasteiger partial charge is 0.369 e. The number of nitrogens with one attached hydrogen (secondary N) is 2. The second kappa shape index (κ2) is 6.72. The number of aromatic nitrogens is 1. The molecule has 0 spiro atoms. The third-order valence-corrected chi connectivity index (χ3v) is 5.20. The van der Waals surface area contributed by atoms with E-state index < -0.39 is 0 Å². The van der Waals surface area contributed by atoms with E-state index in [0.717, 1.165) is 35.5 Å². The van der Waals surface area contributed by atoms with Gasteiger partial charge in [-0.3, -0.25) is 10.1 Å². The van der Waals surface area contributed by atoms with Gasteiger partial charge in [-0.1, -0.05) is 17.7 Å².